The van der Waals surface area contributed by atoms with Gasteiger partial charge in [-0.05, 0) is 78.7 Å². The van der Waals surface area contributed by atoms with E-state index >= 15 is 0 Å². The Bertz CT molecular complexity index is 679. The number of benzene rings is 1. The smallest absolute Gasteiger partial charge is 0.410 e. The molecule has 1 amide bonds. The Morgan fingerprint density at radius 2 is 1.78 bits per heavy atom. The molecule has 0 bridgehead atoms. The Morgan fingerprint density at radius 3 is 2.34 bits per heavy atom. The van der Waals surface area contributed by atoms with Crippen LogP contribution in [0, 0.1) is 5.92 Å². The SMILES string of the molecule is CC(C)(C)OC(=O)N1CCC(C(CCCOCc2ccccc2)N[S+]([O-])C(C)(C)C)CC1. The Hall–Kier alpha value is -1.28. The van der Waals surface area contributed by atoms with Crippen LogP contribution < -0.4 is 4.72 Å². The summed E-state index contributed by atoms with van der Waals surface area (Å²) in [6.45, 7) is 14.3. The van der Waals surface area contributed by atoms with Crippen molar-refractivity contribution in [2.24, 2.45) is 5.92 Å². The minimum atomic E-state index is -1.13. The van der Waals surface area contributed by atoms with Gasteiger partial charge in [0.05, 0.1) is 12.6 Å². The first-order chi connectivity index (χ1) is 15.0. The highest BCUT2D eigenvalue weighted by molar-refractivity contribution is 7.90. The summed E-state index contributed by atoms with van der Waals surface area (Å²) in [5.41, 5.74) is 0.687. The Morgan fingerprint density at radius 1 is 1.16 bits per heavy atom. The van der Waals surface area contributed by atoms with E-state index in [2.05, 4.69) is 16.9 Å². The lowest BCUT2D eigenvalue weighted by molar-refractivity contribution is 0.0169. The summed E-state index contributed by atoms with van der Waals surface area (Å²) in [7, 11) is 0. The van der Waals surface area contributed by atoms with E-state index in [0.29, 0.717) is 32.2 Å². The number of amides is 1. The van der Waals surface area contributed by atoms with Gasteiger partial charge in [-0.2, -0.15) is 0 Å². The molecule has 1 N–H and O–H groups in total. The van der Waals surface area contributed by atoms with Gasteiger partial charge < -0.3 is 18.9 Å². The number of hydrogen-bond acceptors (Lipinski definition) is 5. The summed E-state index contributed by atoms with van der Waals surface area (Å²) < 4.78 is 27.3. The van der Waals surface area contributed by atoms with Crippen LogP contribution in [0.2, 0.25) is 0 Å². The van der Waals surface area contributed by atoms with Crippen molar-refractivity contribution in [1.82, 2.24) is 9.62 Å². The topological polar surface area (TPSA) is 73.9 Å². The predicted molar refractivity (Wildman–Crippen MR) is 131 cm³/mol. The first kappa shape index (κ1) is 27.0. The van der Waals surface area contributed by atoms with E-state index in [1.54, 1.807) is 4.90 Å². The number of nitrogens with one attached hydrogen (secondary N) is 1. The highest BCUT2D eigenvalue weighted by Gasteiger charge is 2.35. The van der Waals surface area contributed by atoms with Gasteiger partial charge in [-0.1, -0.05) is 30.3 Å². The van der Waals surface area contributed by atoms with Crippen molar-refractivity contribution < 1.29 is 18.8 Å². The zero-order chi connectivity index (χ0) is 23.8. The van der Waals surface area contributed by atoms with Crippen LogP contribution in [0.25, 0.3) is 0 Å². The zero-order valence-electron chi connectivity index (χ0n) is 20.7. The molecule has 1 aromatic carbocycles. The van der Waals surface area contributed by atoms with Gasteiger partial charge in [-0.25, -0.2) is 4.79 Å². The number of nitrogens with zero attached hydrogens (tertiary/aromatic N) is 1. The molecular formula is C25H42N2O4S. The van der Waals surface area contributed by atoms with Crippen molar-refractivity contribution in [1.29, 1.82) is 0 Å². The molecule has 1 aliphatic heterocycles. The summed E-state index contributed by atoms with van der Waals surface area (Å²) in [6, 6.07) is 10.3. The van der Waals surface area contributed by atoms with E-state index in [4.69, 9.17) is 9.47 Å². The van der Waals surface area contributed by atoms with Crippen molar-refractivity contribution >= 4 is 17.5 Å². The van der Waals surface area contributed by atoms with Gasteiger partial charge in [0.1, 0.15) is 10.3 Å². The van der Waals surface area contributed by atoms with Crippen LogP contribution in [0.15, 0.2) is 30.3 Å². The van der Waals surface area contributed by atoms with E-state index in [1.807, 2.05) is 59.7 Å². The maximum atomic E-state index is 12.8. The Labute approximate surface area is 197 Å². The molecule has 0 saturated carbocycles. The molecule has 1 aliphatic rings. The molecule has 0 spiro atoms. The molecule has 2 rings (SSSR count). The number of carbonyl (C=O) groups excluding carboxylic acids is 1. The second-order valence-electron chi connectivity index (χ2n) is 10.6. The molecule has 182 valence electrons. The average Bonchev–Trinajstić information content (AvgIpc) is 2.71. The standard InChI is InChI=1S/C25H42N2O4S/c1-24(2,3)31-23(28)27-16-14-21(15-17-27)22(26-32(29)25(4,5)6)13-10-18-30-19-20-11-8-7-9-12-20/h7-9,11-12,21-22,26H,10,13-19H2,1-6H3. The fourth-order valence-corrected chi connectivity index (χ4v) is 4.62. The minimum absolute atomic E-state index is 0.135. The first-order valence-electron chi connectivity index (χ1n) is 11.7. The number of carbonyl (C=O) groups is 1. The van der Waals surface area contributed by atoms with Crippen LogP contribution in [-0.4, -0.2) is 51.6 Å². The summed E-state index contributed by atoms with van der Waals surface area (Å²) in [5.74, 6) is 0.370. The van der Waals surface area contributed by atoms with Gasteiger partial charge in [0, 0.05) is 31.1 Å². The van der Waals surface area contributed by atoms with E-state index in [1.165, 1.54) is 5.56 Å². The highest BCUT2D eigenvalue weighted by atomic mass is 32.2. The third-order valence-corrected chi connectivity index (χ3v) is 7.12. The second-order valence-corrected chi connectivity index (χ2v) is 12.6. The van der Waals surface area contributed by atoms with Crippen LogP contribution >= 0.6 is 0 Å². The van der Waals surface area contributed by atoms with E-state index in [9.17, 15) is 9.35 Å². The average molecular weight is 467 g/mol. The quantitative estimate of drug-likeness (QED) is 0.407. The van der Waals surface area contributed by atoms with E-state index < -0.39 is 17.0 Å². The number of ether oxygens (including phenoxy) is 2. The summed E-state index contributed by atoms with van der Waals surface area (Å²) in [5, 5.41) is 0. The largest absolute Gasteiger partial charge is 0.598 e. The summed E-state index contributed by atoms with van der Waals surface area (Å²) >= 11 is -1.13. The molecule has 1 fully saturated rings. The lowest BCUT2D eigenvalue weighted by Gasteiger charge is -2.38. The van der Waals surface area contributed by atoms with Crippen molar-refractivity contribution in [3.8, 4) is 0 Å². The van der Waals surface area contributed by atoms with Crippen LogP contribution in [0.4, 0.5) is 4.79 Å². The highest BCUT2D eigenvalue weighted by Crippen LogP contribution is 2.27. The first-order valence-corrected chi connectivity index (χ1v) is 12.9. The summed E-state index contributed by atoms with van der Waals surface area (Å²) in [6.07, 6.45) is 3.31. The fraction of sp³-hybridized carbons (Fsp3) is 0.720. The van der Waals surface area contributed by atoms with Crippen LogP contribution in [-0.2, 0) is 27.4 Å². The number of likely N-dealkylation sites (tertiary alicyclic amines) is 1. The predicted octanol–water partition coefficient (Wildman–Crippen LogP) is 5.05. The Balaban J connectivity index is 1.85. The number of piperidine rings is 1. The molecular weight excluding hydrogens is 424 g/mol. The number of rotatable bonds is 9. The van der Waals surface area contributed by atoms with Crippen molar-refractivity contribution in [2.45, 2.75) is 90.2 Å². The van der Waals surface area contributed by atoms with Gasteiger partial charge in [-0.15, -0.1) is 4.72 Å². The maximum Gasteiger partial charge on any atom is 0.410 e. The van der Waals surface area contributed by atoms with E-state index in [0.717, 1.165) is 25.7 Å². The molecule has 7 heteroatoms. The molecule has 6 nitrogen and oxygen atoms in total. The van der Waals surface area contributed by atoms with Crippen LogP contribution in [0.3, 0.4) is 0 Å². The zero-order valence-corrected chi connectivity index (χ0v) is 21.5. The fourth-order valence-electron chi connectivity index (χ4n) is 3.69. The molecule has 1 saturated heterocycles. The molecule has 32 heavy (non-hydrogen) atoms. The van der Waals surface area contributed by atoms with E-state index in [-0.39, 0.29) is 16.9 Å². The van der Waals surface area contributed by atoms with Crippen molar-refractivity contribution in [3.05, 3.63) is 35.9 Å². The van der Waals surface area contributed by atoms with Crippen LogP contribution in [0.1, 0.15) is 72.8 Å². The van der Waals surface area contributed by atoms with Gasteiger partial charge in [0.2, 0.25) is 0 Å². The van der Waals surface area contributed by atoms with Gasteiger partial charge in [0.25, 0.3) is 0 Å². The molecule has 0 aromatic heterocycles. The molecule has 1 heterocycles. The molecule has 0 aliphatic carbocycles. The molecule has 2 atom stereocenters. The molecule has 2 unspecified atom stereocenters. The second kappa shape index (κ2) is 12.3. The lowest BCUT2D eigenvalue weighted by atomic mass is 9.87. The Kier molecular flexibility index (Phi) is 10.3. The molecule has 0 radical (unpaired) electrons. The monoisotopic (exact) mass is 466 g/mol. The maximum absolute atomic E-state index is 12.8. The minimum Gasteiger partial charge on any atom is -0.598 e. The van der Waals surface area contributed by atoms with Crippen molar-refractivity contribution in [2.75, 3.05) is 19.7 Å². The number of hydrogen-bond donors (Lipinski definition) is 1. The summed E-state index contributed by atoms with van der Waals surface area (Å²) in [4.78, 5) is 14.2. The normalized spacial score (nSPS) is 17.8. The van der Waals surface area contributed by atoms with Gasteiger partial charge >= 0.3 is 6.09 Å². The third-order valence-electron chi connectivity index (χ3n) is 5.49. The van der Waals surface area contributed by atoms with Gasteiger partial charge in [0.15, 0.2) is 0 Å². The lowest BCUT2D eigenvalue weighted by Crippen LogP contribution is -2.50. The molecule has 1 aromatic rings. The van der Waals surface area contributed by atoms with Crippen LogP contribution in [0.5, 0.6) is 0 Å². The van der Waals surface area contributed by atoms with Crippen molar-refractivity contribution in [3.63, 3.8) is 0 Å². The van der Waals surface area contributed by atoms with Gasteiger partial charge in [-0.3, -0.25) is 0 Å². The third kappa shape index (κ3) is 9.69.